The van der Waals surface area contributed by atoms with Crippen molar-refractivity contribution in [1.82, 2.24) is 0 Å². The predicted octanol–water partition coefficient (Wildman–Crippen LogP) is 3.53. The van der Waals surface area contributed by atoms with Gasteiger partial charge in [0.2, 0.25) is 6.29 Å². The number of hydrogen-bond donors (Lipinski definition) is 0. The second-order valence-corrected chi connectivity index (χ2v) is 4.75. The molecule has 0 aliphatic rings. The molecule has 1 rings (SSSR count). The van der Waals surface area contributed by atoms with Crippen molar-refractivity contribution in [2.75, 3.05) is 13.2 Å². The van der Waals surface area contributed by atoms with Crippen molar-refractivity contribution in [3.05, 3.63) is 33.8 Å². The van der Waals surface area contributed by atoms with Gasteiger partial charge < -0.3 is 9.47 Å². The molecule has 1 aromatic carbocycles. The van der Waals surface area contributed by atoms with Gasteiger partial charge in [0.15, 0.2) is 11.6 Å². The van der Waals surface area contributed by atoms with Gasteiger partial charge in [-0.05, 0) is 32.0 Å². The number of benzene rings is 1. The van der Waals surface area contributed by atoms with Crippen molar-refractivity contribution in [1.29, 1.82) is 0 Å². The van der Waals surface area contributed by atoms with E-state index in [9.17, 15) is 9.59 Å². The van der Waals surface area contributed by atoms with Gasteiger partial charge in [-0.25, -0.2) is 0 Å². The first-order chi connectivity index (χ1) is 9.49. The van der Waals surface area contributed by atoms with E-state index in [1.54, 1.807) is 13.8 Å². The summed E-state index contributed by atoms with van der Waals surface area (Å²) in [5.74, 6) is -0.761. The SMILES string of the molecule is CCOC(OCC)C(=O)CC(=O)c1ccc(Cl)c(Cl)c1. The van der Waals surface area contributed by atoms with Gasteiger partial charge in [-0.3, -0.25) is 9.59 Å². The van der Waals surface area contributed by atoms with E-state index in [0.717, 1.165) is 0 Å². The summed E-state index contributed by atoms with van der Waals surface area (Å²) < 4.78 is 10.3. The summed E-state index contributed by atoms with van der Waals surface area (Å²) >= 11 is 11.6. The first-order valence-electron chi connectivity index (χ1n) is 6.23. The molecule has 0 bridgehead atoms. The number of carbonyl (C=O) groups excluding carboxylic acids is 2. The van der Waals surface area contributed by atoms with Crippen molar-refractivity contribution < 1.29 is 19.1 Å². The topological polar surface area (TPSA) is 52.6 Å². The first-order valence-corrected chi connectivity index (χ1v) is 6.99. The van der Waals surface area contributed by atoms with E-state index in [2.05, 4.69) is 0 Å². The Labute approximate surface area is 128 Å². The zero-order chi connectivity index (χ0) is 15.1. The third-order valence-corrected chi connectivity index (χ3v) is 3.21. The van der Waals surface area contributed by atoms with E-state index in [0.29, 0.717) is 23.8 Å². The van der Waals surface area contributed by atoms with Crippen LogP contribution in [-0.2, 0) is 14.3 Å². The maximum atomic E-state index is 12.0. The molecule has 0 radical (unpaired) electrons. The quantitative estimate of drug-likeness (QED) is 0.418. The maximum Gasteiger partial charge on any atom is 0.218 e. The largest absolute Gasteiger partial charge is 0.346 e. The Bertz CT molecular complexity index is 482. The highest BCUT2D eigenvalue weighted by Gasteiger charge is 2.22. The number of carbonyl (C=O) groups is 2. The Hall–Kier alpha value is -0.940. The molecule has 1 aromatic rings. The molecule has 0 spiro atoms. The van der Waals surface area contributed by atoms with Crippen LogP contribution in [0.15, 0.2) is 18.2 Å². The van der Waals surface area contributed by atoms with Gasteiger partial charge in [0.05, 0.1) is 16.5 Å². The van der Waals surface area contributed by atoms with Crippen molar-refractivity contribution >= 4 is 34.8 Å². The van der Waals surface area contributed by atoms with Crippen LogP contribution >= 0.6 is 23.2 Å². The highest BCUT2D eigenvalue weighted by molar-refractivity contribution is 6.42. The molecule has 0 amide bonds. The van der Waals surface area contributed by atoms with Crippen LogP contribution in [0.25, 0.3) is 0 Å². The average molecular weight is 319 g/mol. The second kappa shape index (κ2) is 8.37. The monoisotopic (exact) mass is 318 g/mol. The van der Waals surface area contributed by atoms with E-state index in [-0.39, 0.29) is 17.2 Å². The summed E-state index contributed by atoms with van der Waals surface area (Å²) in [4.78, 5) is 23.9. The highest BCUT2D eigenvalue weighted by Crippen LogP contribution is 2.23. The predicted molar refractivity (Wildman–Crippen MR) is 77.5 cm³/mol. The Morgan fingerprint density at radius 2 is 1.70 bits per heavy atom. The molecule has 0 aliphatic heterocycles. The van der Waals surface area contributed by atoms with E-state index in [1.165, 1.54) is 18.2 Å². The molecule has 0 fully saturated rings. The van der Waals surface area contributed by atoms with Gasteiger partial charge in [0.25, 0.3) is 0 Å². The number of Topliss-reactive ketones (excluding diaryl/α,β-unsaturated/α-hetero) is 2. The molecule has 0 saturated heterocycles. The smallest absolute Gasteiger partial charge is 0.218 e. The fraction of sp³-hybridized carbons (Fsp3) is 0.429. The highest BCUT2D eigenvalue weighted by atomic mass is 35.5. The number of ether oxygens (including phenoxy) is 2. The molecule has 0 heterocycles. The van der Waals surface area contributed by atoms with Crippen LogP contribution in [0.2, 0.25) is 10.0 Å². The fourth-order valence-corrected chi connectivity index (χ4v) is 1.85. The van der Waals surface area contributed by atoms with Gasteiger partial charge in [0, 0.05) is 18.8 Å². The molecule has 4 nitrogen and oxygen atoms in total. The molecule has 0 atom stereocenters. The molecule has 0 aromatic heterocycles. The van der Waals surface area contributed by atoms with Crippen molar-refractivity contribution in [2.24, 2.45) is 0 Å². The van der Waals surface area contributed by atoms with Gasteiger partial charge in [-0.15, -0.1) is 0 Å². The number of hydrogen-bond acceptors (Lipinski definition) is 4. The molecule has 0 saturated carbocycles. The van der Waals surface area contributed by atoms with Gasteiger partial charge in [0.1, 0.15) is 0 Å². The molecule has 6 heteroatoms. The minimum atomic E-state index is -1.00. The summed E-state index contributed by atoms with van der Waals surface area (Å²) in [6.45, 7) is 4.16. The molecule has 20 heavy (non-hydrogen) atoms. The first kappa shape index (κ1) is 17.1. The molecule has 0 unspecified atom stereocenters. The standard InChI is InChI=1S/C14H16Cl2O4/c1-3-19-14(20-4-2)13(18)8-12(17)9-5-6-10(15)11(16)7-9/h5-7,14H,3-4,8H2,1-2H3. The van der Waals surface area contributed by atoms with Crippen molar-refractivity contribution in [3.8, 4) is 0 Å². The van der Waals surface area contributed by atoms with Crippen LogP contribution in [0.1, 0.15) is 30.6 Å². The lowest BCUT2D eigenvalue weighted by Crippen LogP contribution is -2.29. The number of ketones is 2. The maximum absolute atomic E-state index is 12.0. The summed E-state index contributed by atoms with van der Waals surface area (Å²) in [5.41, 5.74) is 0.333. The van der Waals surface area contributed by atoms with Crippen LogP contribution in [0.4, 0.5) is 0 Å². The zero-order valence-electron chi connectivity index (χ0n) is 11.3. The Morgan fingerprint density at radius 3 is 2.20 bits per heavy atom. The summed E-state index contributed by atoms with van der Waals surface area (Å²) in [5, 5.41) is 0.632. The third-order valence-electron chi connectivity index (χ3n) is 2.48. The second-order valence-electron chi connectivity index (χ2n) is 3.94. The molecule has 0 aliphatic carbocycles. The van der Waals surface area contributed by atoms with Crippen LogP contribution in [0.5, 0.6) is 0 Å². The van der Waals surface area contributed by atoms with Crippen LogP contribution in [-0.4, -0.2) is 31.1 Å². The van der Waals surface area contributed by atoms with E-state index < -0.39 is 12.1 Å². The minimum absolute atomic E-state index is 0.274. The molecule has 110 valence electrons. The lowest BCUT2D eigenvalue weighted by molar-refractivity contribution is -0.166. The number of halogens is 2. The fourth-order valence-electron chi connectivity index (χ4n) is 1.55. The Morgan fingerprint density at radius 1 is 1.10 bits per heavy atom. The lowest BCUT2D eigenvalue weighted by Gasteiger charge is -2.15. The van der Waals surface area contributed by atoms with Crippen LogP contribution in [0, 0.1) is 0 Å². The Balaban J connectivity index is 2.73. The summed E-state index contributed by atoms with van der Waals surface area (Å²) in [6.07, 6.45) is -1.31. The van der Waals surface area contributed by atoms with Crippen LogP contribution < -0.4 is 0 Å². The van der Waals surface area contributed by atoms with Gasteiger partial charge >= 0.3 is 0 Å². The summed E-state index contributed by atoms with van der Waals surface area (Å²) in [6, 6.07) is 4.49. The van der Waals surface area contributed by atoms with Crippen molar-refractivity contribution in [2.45, 2.75) is 26.6 Å². The van der Waals surface area contributed by atoms with E-state index in [1.807, 2.05) is 0 Å². The van der Waals surface area contributed by atoms with Crippen LogP contribution in [0.3, 0.4) is 0 Å². The zero-order valence-corrected chi connectivity index (χ0v) is 12.8. The number of rotatable bonds is 8. The summed E-state index contributed by atoms with van der Waals surface area (Å²) in [7, 11) is 0. The Kier molecular flexibility index (Phi) is 7.16. The lowest BCUT2D eigenvalue weighted by atomic mass is 10.1. The van der Waals surface area contributed by atoms with Gasteiger partial charge in [-0.1, -0.05) is 23.2 Å². The third kappa shape index (κ3) is 4.87. The average Bonchev–Trinajstić information content (AvgIpc) is 2.41. The molecule has 0 N–H and O–H groups in total. The normalized spacial score (nSPS) is 10.8. The molecular formula is C14H16Cl2O4. The molecular weight excluding hydrogens is 303 g/mol. The van der Waals surface area contributed by atoms with Crippen molar-refractivity contribution in [3.63, 3.8) is 0 Å². The van der Waals surface area contributed by atoms with E-state index in [4.69, 9.17) is 32.7 Å². The van der Waals surface area contributed by atoms with Gasteiger partial charge in [-0.2, -0.15) is 0 Å². The minimum Gasteiger partial charge on any atom is -0.346 e. The van der Waals surface area contributed by atoms with E-state index >= 15 is 0 Å².